The minimum atomic E-state index is -0.232. The van der Waals surface area contributed by atoms with Gasteiger partial charge in [0, 0.05) is 43.0 Å². The maximum Gasteiger partial charge on any atom is 0.228 e. The maximum absolute atomic E-state index is 9.90. The number of fused-ring (bicyclic) bond motifs is 2. The normalized spacial score (nSPS) is 14.9. The predicted octanol–water partition coefficient (Wildman–Crippen LogP) is 3.09. The van der Waals surface area contributed by atoms with Crippen LogP contribution in [0, 0.1) is 5.41 Å². The molecule has 0 bridgehead atoms. The summed E-state index contributed by atoms with van der Waals surface area (Å²) in [5, 5.41) is 18.8. The summed E-state index contributed by atoms with van der Waals surface area (Å²) in [5.74, 6) is 0.859. The monoisotopic (exact) mass is 391 g/mol. The number of nitrogens with zero attached hydrogens (tertiary/aromatic N) is 4. The molecule has 3 aromatic rings. The van der Waals surface area contributed by atoms with E-state index in [2.05, 4.69) is 28.7 Å². The topological polar surface area (TPSA) is 87.3 Å². The summed E-state index contributed by atoms with van der Waals surface area (Å²) in [5.41, 5.74) is 2.95. The lowest BCUT2D eigenvalue weighted by Gasteiger charge is -2.28. The Kier molecular flexibility index (Phi) is 5.31. The van der Waals surface area contributed by atoms with Gasteiger partial charge in [-0.15, -0.1) is 0 Å². The first-order valence-electron chi connectivity index (χ1n) is 9.89. The molecule has 29 heavy (non-hydrogen) atoms. The average Bonchev–Trinajstić information content (AvgIpc) is 2.75. The second-order valence-corrected chi connectivity index (χ2v) is 7.08. The van der Waals surface area contributed by atoms with Crippen molar-refractivity contribution in [1.29, 1.82) is 5.41 Å². The number of hydrogen-bond acceptors (Lipinski definition) is 6. The molecule has 2 N–H and O–H groups in total. The smallest absolute Gasteiger partial charge is 0.228 e. The van der Waals surface area contributed by atoms with Crippen LogP contribution in [0.1, 0.15) is 36.5 Å². The zero-order valence-corrected chi connectivity index (χ0v) is 16.7. The van der Waals surface area contributed by atoms with Gasteiger partial charge in [-0.3, -0.25) is 10.4 Å². The van der Waals surface area contributed by atoms with Crippen LogP contribution in [-0.2, 0) is 6.54 Å². The molecule has 1 aliphatic rings. The molecular weight excluding hydrogens is 366 g/mol. The first kappa shape index (κ1) is 19.1. The largest absolute Gasteiger partial charge is 0.508 e. The molecule has 0 spiro atoms. The SMILES string of the molecule is CCN(CC)CCn1cnc2c(c1=N)C(c1cccnc1)c1ccc(O)cc1O2. The van der Waals surface area contributed by atoms with Gasteiger partial charge in [0.1, 0.15) is 23.3 Å². The van der Waals surface area contributed by atoms with E-state index in [4.69, 9.17) is 10.1 Å². The third-order valence-electron chi connectivity index (χ3n) is 5.46. The Morgan fingerprint density at radius 1 is 1.24 bits per heavy atom. The fraction of sp³-hybridized carbons (Fsp3) is 0.318. The molecule has 0 fully saturated rings. The van der Waals surface area contributed by atoms with Crippen LogP contribution in [0.5, 0.6) is 17.4 Å². The van der Waals surface area contributed by atoms with Gasteiger partial charge in [-0.1, -0.05) is 26.0 Å². The van der Waals surface area contributed by atoms with Crippen molar-refractivity contribution in [2.75, 3.05) is 19.6 Å². The molecule has 2 aromatic heterocycles. The summed E-state index contributed by atoms with van der Waals surface area (Å²) in [7, 11) is 0. The summed E-state index contributed by atoms with van der Waals surface area (Å²) < 4.78 is 7.85. The van der Waals surface area contributed by atoms with E-state index >= 15 is 0 Å². The lowest BCUT2D eigenvalue weighted by atomic mass is 9.84. The minimum absolute atomic E-state index is 0.133. The van der Waals surface area contributed by atoms with Crippen LogP contribution in [-0.4, -0.2) is 44.2 Å². The number of likely N-dealkylation sites (N-methyl/N-ethyl adjacent to an activating group) is 1. The van der Waals surface area contributed by atoms with Crippen LogP contribution < -0.4 is 10.2 Å². The van der Waals surface area contributed by atoms with E-state index in [1.165, 1.54) is 0 Å². The Balaban J connectivity index is 1.82. The van der Waals surface area contributed by atoms with Gasteiger partial charge in [-0.05, 0) is 30.8 Å². The molecule has 1 aliphatic heterocycles. The number of aromatic hydroxyl groups is 1. The third kappa shape index (κ3) is 3.61. The van der Waals surface area contributed by atoms with Gasteiger partial charge in [0.15, 0.2) is 0 Å². The highest BCUT2D eigenvalue weighted by Crippen LogP contribution is 2.45. The number of benzene rings is 1. The molecule has 0 radical (unpaired) electrons. The van der Waals surface area contributed by atoms with Crippen molar-refractivity contribution < 1.29 is 9.84 Å². The summed E-state index contributed by atoms with van der Waals surface area (Å²) in [4.78, 5) is 11.1. The van der Waals surface area contributed by atoms with Crippen molar-refractivity contribution >= 4 is 0 Å². The number of ether oxygens (including phenoxy) is 1. The van der Waals surface area contributed by atoms with E-state index in [-0.39, 0.29) is 11.7 Å². The molecule has 0 saturated carbocycles. The van der Waals surface area contributed by atoms with E-state index in [1.54, 1.807) is 24.7 Å². The molecule has 4 rings (SSSR count). The minimum Gasteiger partial charge on any atom is -0.508 e. The highest BCUT2D eigenvalue weighted by atomic mass is 16.5. The maximum atomic E-state index is 9.90. The van der Waals surface area contributed by atoms with Gasteiger partial charge in [0.05, 0.1) is 5.56 Å². The van der Waals surface area contributed by atoms with Crippen molar-refractivity contribution in [3.63, 3.8) is 0 Å². The number of hydrogen-bond donors (Lipinski definition) is 2. The number of aromatic nitrogens is 3. The van der Waals surface area contributed by atoms with Gasteiger partial charge in [-0.2, -0.15) is 0 Å². The molecular formula is C22H25N5O2. The number of phenols is 1. The summed E-state index contributed by atoms with van der Waals surface area (Å²) in [6, 6.07) is 8.96. The Morgan fingerprint density at radius 3 is 2.79 bits per heavy atom. The summed E-state index contributed by atoms with van der Waals surface area (Å²) in [6.45, 7) is 7.76. The van der Waals surface area contributed by atoms with E-state index in [0.29, 0.717) is 23.7 Å². The van der Waals surface area contributed by atoms with Gasteiger partial charge in [-0.25, -0.2) is 4.98 Å². The van der Waals surface area contributed by atoms with Crippen molar-refractivity contribution in [3.8, 4) is 17.4 Å². The number of pyridine rings is 1. The lowest BCUT2D eigenvalue weighted by Crippen LogP contribution is -2.34. The average molecular weight is 391 g/mol. The molecule has 1 atom stereocenters. The molecule has 0 aliphatic carbocycles. The van der Waals surface area contributed by atoms with Crippen LogP contribution in [0.3, 0.4) is 0 Å². The molecule has 7 heteroatoms. The van der Waals surface area contributed by atoms with Crippen molar-refractivity contribution in [3.05, 3.63) is 71.2 Å². The van der Waals surface area contributed by atoms with Crippen LogP contribution in [0.15, 0.2) is 49.1 Å². The van der Waals surface area contributed by atoms with Crippen LogP contribution in [0.2, 0.25) is 0 Å². The highest BCUT2D eigenvalue weighted by molar-refractivity contribution is 5.56. The lowest BCUT2D eigenvalue weighted by molar-refractivity contribution is 0.286. The Labute approximate surface area is 169 Å². The Bertz CT molecular complexity index is 1060. The van der Waals surface area contributed by atoms with E-state index in [9.17, 15) is 5.11 Å². The number of nitrogens with one attached hydrogen (secondary N) is 1. The van der Waals surface area contributed by atoms with E-state index < -0.39 is 0 Å². The fourth-order valence-electron chi connectivity index (χ4n) is 3.81. The van der Waals surface area contributed by atoms with E-state index in [0.717, 1.165) is 36.3 Å². The summed E-state index contributed by atoms with van der Waals surface area (Å²) in [6.07, 6.45) is 5.21. The third-order valence-corrected chi connectivity index (χ3v) is 5.46. The molecule has 3 heterocycles. The second kappa shape index (κ2) is 8.05. The molecule has 1 unspecified atom stereocenters. The molecule has 7 nitrogen and oxygen atoms in total. The zero-order chi connectivity index (χ0) is 20.4. The quantitative estimate of drug-likeness (QED) is 0.527. The van der Waals surface area contributed by atoms with Crippen LogP contribution >= 0.6 is 0 Å². The van der Waals surface area contributed by atoms with Crippen LogP contribution in [0.25, 0.3) is 0 Å². The van der Waals surface area contributed by atoms with E-state index in [1.807, 2.05) is 29.0 Å². The summed E-state index contributed by atoms with van der Waals surface area (Å²) >= 11 is 0. The predicted molar refractivity (Wildman–Crippen MR) is 109 cm³/mol. The number of rotatable bonds is 6. The van der Waals surface area contributed by atoms with Crippen molar-refractivity contribution in [2.24, 2.45) is 0 Å². The standard InChI is InChI=1S/C22H25N5O2/c1-3-26(4-2)10-11-27-14-25-22-20(21(27)23)19(15-6-5-9-24-13-15)17-8-7-16(28)12-18(17)29-22/h5-9,12-14,19,23,28H,3-4,10-11H2,1-2H3. The molecule has 150 valence electrons. The first-order valence-corrected chi connectivity index (χ1v) is 9.89. The van der Waals surface area contributed by atoms with Crippen LogP contribution in [0.4, 0.5) is 0 Å². The number of phenolic OH excluding ortho intramolecular Hbond substituents is 1. The van der Waals surface area contributed by atoms with Crippen molar-refractivity contribution in [1.82, 2.24) is 19.4 Å². The van der Waals surface area contributed by atoms with Gasteiger partial charge >= 0.3 is 0 Å². The highest BCUT2D eigenvalue weighted by Gasteiger charge is 2.32. The van der Waals surface area contributed by atoms with Gasteiger partial charge < -0.3 is 19.3 Å². The molecule has 1 aromatic carbocycles. The van der Waals surface area contributed by atoms with Crippen molar-refractivity contribution in [2.45, 2.75) is 26.3 Å². The Morgan fingerprint density at radius 2 is 2.07 bits per heavy atom. The second-order valence-electron chi connectivity index (χ2n) is 7.08. The zero-order valence-electron chi connectivity index (χ0n) is 16.7. The molecule has 0 amide bonds. The first-order chi connectivity index (χ1) is 14.1. The van der Waals surface area contributed by atoms with Gasteiger partial charge in [0.25, 0.3) is 0 Å². The Hall–Kier alpha value is -3.19. The fourth-order valence-corrected chi connectivity index (χ4v) is 3.81. The molecule has 0 saturated heterocycles. The van der Waals surface area contributed by atoms with Gasteiger partial charge in [0.2, 0.25) is 5.88 Å².